The minimum absolute atomic E-state index is 0.0833. The fourth-order valence-corrected chi connectivity index (χ4v) is 0.710. The predicted molar refractivity (Wildman–Crippen MR) is 38.0 cm³/mol. The van der Waals surface area contributed by atoms with E-state index in [1.54, 1.807) is 14.2 Å². The SMILES string of the molecule is COC.O=CC1CCCO1. The normalized spacial score (nSPS) is 23.2. The van der Waals surface area contributed by atoms with Gasteiger partial charge >= 0.3 is 0 Å². The minimum Gasteiger partial charge on any atom is -0.388 e. The van der Waals surface area contributed by atoms with Crippen LogP contribution in [-0.4, -0.2) is 33.2 Å². The maximum Gasteiger partial charge on any atom is 0.148 e. The average Bonchev–Trinajstić information content (AvgIpc) is 2.39. The summed E-state index contributed by atoms with van der Waals surface area (Å²) >= 11 is 0. The van der Waals surface area contributed by atoms with Gasteiger partial charge in [-0.1, -0.05) is 0 Å². The molecule has 0 aliphatic carbocycles. The summed E-state index contributed by atoms with van der Waals surface area (Å²) in [5.74, 6) is 0. The lowest BCUT2D eigenvalue weighted by Gasteiger charge is -1.93. The molecule has 1 aliphatic rings. The maximum atomic E-state index is 9.88. The number of hydrogen-bond acceptors (Lipinski definition) is 3. The molecule has 1 heterocycles. The van der Waals surface area contributed by atoms with Gasteiger partial charge in [-0.2, -0.15) is 0 Å². The molecular formula is C7H14O3. The highest BCUT2D eigenvalue weighted by molar-refractivity contribution is 5.56. The molecule has 60 valence electrons. The van der Waals surface area contributed by atoms with E-state index < -0.39 is 0 Å². The zero-order chi connectivity index (χ0) is 7.82. The van der Waals surface area contributed by atoms with Crippen molar-refractivity contribution in [1.82, 2.24) is 0 Å². The molecule has 0 saturated carbocycles. The van der Waals surface area contributed by atoms with E-state index in [4.69, 9.17) is 4.74 Å². The third-order valence-corrected chi connectivity index (χ3v) is 1.12. The van der Waals surface area contributed by atoms with Crippen LogP contribution in [0.3, 0.4) is 0 Å². The van der Waals surface area contributed by atoms with Crippen molar-refractivity contribution in [1.29, 1.82) is 0 Å². The molecule has 1 atom stereocenters. The summed E-state index contributed by atoms with van der Waals surface area (Å²) in [6, 6.07) is 0. The molecule has 1 unspecified atom stereocenters. The second-order valence-corrected chi connectivity index (χ2v) is 2.10. The van der Waals surface area contributed by atoms with Crippen molar-refractivity contribution in [3.05, 3.63) is 0 Å². The molecule has 3 nitrogen and oxygen atoms in total. The molecule has 0 aromatic heterocycles. The number of aldehydes is 1. The summed E-state index contributed by atoms with van der Waals surface area (Å²) < 4.78 is 9.18. The van der Waals surface area contributed by atoms with Gasteiger partial charge < -0.3 is 14.3 Å². The second kappa shape index (κ2) is 6.71. The number of hydrogen-bond donors (Lipinski definition) is 0. The van der Waals surface area contributed by atoms with Crippen LogP contribution < -0.4 is 0 Å². The third-order valence-electron chi connectivity index (χ3n) is 1.12. The highest BCUT2D eigenvalue weighted by atomic mass is 16.5. The minimum atomic E-state index is -0.0833. The molecule has 10 heavy (non-hydrogen) atoms. The van der Waals surface area contributed by atoms with E-state index in [-0.39, 0.29) is 6.10 Å². The van der Waals surface area contributed by atoms with Crippen LogP contribution >= 0.6 is 0 Å². The van der Waals surface area contributed by atoms with E-state index in [0.717, 1.165) is 25.7 Å². The average molecular weight is 146 g/mol. The van der Waals surface area contributed by atoms with Crippen molar-refractivity contribution in [2.24, 2.45) is 0 Å². The molecule has 1 rings (SSSR count). The first-order chi connectivity index (χ1) is 4.85. The number of methoxy groups -OCH3 is 1. The molecule has 1 fully saturated rings. The first-order valence-corrected chi connectivity index (χ1v) is 3.32. The molecule has 3 heteroatoms. The van der Waals surface area contributed by atoms with Gasteiger partial charge in [-0.3, -0.25) is 0 Å². The van der Waals surface area contributed by atoms with Crippen molar-refractivity contribution < 1.29 is 14.3 Å². The molecule has 0 aromatic rings. The Hall–Kier alpha value is -0.410. The van der Waals surface area contributed by atoms with Crippen LogP contribution in [-0.2, 0) is 14.3 Å². The van der Waals surface area contributed by atoms with Crippen LogP contribution in [0.15, 0.2) is 0 Å². The molecule has 0 radical (unpaired) electrons. The Kier molecular flexibility index (Phi) is 6.43. The van der Waals surface area contributed by atoms with E-state index in [1.165, 1.54) is 0 Å². The predicted octanol–water partition coefficient (Wildman–Crippen LogP) is 0.627. The molecule has 0 N–H and O–H groups in total. The lowest BCUT2D eigenvalue weighted by atomic mass is 10.3. The molecule has 0 bridgehead atoms. The van der Waals surface area contributed by atoms with Crippen LogP contribution in [0, 0.1) is 0 Å². The van der Waals surface area contributed by atoms with Crippen LogP contribution in [0.2, 0.25) is 0 Å². The van der Waals surface area contributed by atoms with E-state index in [0.29, 0.717) is 0 Å². The fourth-order valence-electron chi connectivity index (χ4n) is 0.710. The fraction of sp³-hybridized carbons (Fsp3) is 0.857. The van der Waals surface area contributed by atoms with Gasteiger partial charge in [0.05, 0.1) is 0 Å². The number of carbonyl (C=O) groups is 1. The molecule has 0 spiro atoms. The summed E-state index contributed by atoms with van der Waals surface area (Å²) in [6.07, 6.45) is 2.75. The van der Waals surface area contributed by atoms with Gasteiger partial charge in [0.15, 0.2) is 0 Å². The lowest BCUT2D eigenvalue weighted by molar-refractivity contribution is -0.115. The topological polar surface area (TPSA) is 35.5 Å². The quantitative estimate of drug-likeness (QED) is 0.509. The third kappa shape index (κ3) is 4.47. The molecule has 0 aromatic carbocycles. The summed E-state index contributed by atoms with van der Waals surface area (Å²) in [5.41, 5.74) is 0. The Labute approximate surface area is 61.3 Å². The summed E-state index contributed by atoms with van der Waals surface area (Å²) in [5, 5.41) is 0. The van der Waals surface area contributed by atoms with Crippen LogP contribution in [0.4, 0.5) is 0 Å². The number of carbonyl (C=O) groups excluding carboxylic acids is 1. The standard InChI is InChI=1S/C5H8O2.C2H6O/c6-4-5-2-1-3-7-5;1-3-2/h4-5H,1-3H2;1-2H3. The Bertz CT molecular complexity index is 76.9. The molecule has 1 aliphatic heterocycles. The van der Waals surface area contributed by atoms with Crippen LogP contribution in [0.1, 0.15) is 12.8 Å². The van der Waals surface area contributed by atoms with Crippen molar-refractivity contribution >= 4 is 6.29 Å². The Morgan fingerprint density at radius 2 is 2.20 bits per heavy atom. The van der Waals surface area contributed by atoms with Gasteiger partial charge in [0.1, 0.15) is 12.4 Å². The van der Waals surface area contributed by atoms with Crippen LogP contribution in [0.25, 0.3) is 0 Å². The lowest BCUT2D eigenvalue weighted by Crippen LogP contribution is -2.04. The summed E-state index contributed by atoms with van der Waals surface area (Å²) in [4.78, 5) is 9.88. The van der Waals surface area contributed by atoms with Crippen molar-refractivity contribution in [2.45, 2.75) is 18.9 Å². The van der Waals surface area contributed by atoms with Crippen molar-refractivity contribution in [3.8, 4) is 0 Å². The van der Waals surface area contributed by atoms with Crippen molar-refractivity contribution in [3.63, 3.8) is 0 Å². The van der Waals surface area contributed by atoms with Gasteiger partial charge in [-0.15, -0.1) is 0 Å². The van der Waals surface area contributed by atoms with Gasteiger partial charge in [0.25, 0.3) is 0 Å². The Balaban J connectivity index is 0.000000236. The molecule has 0 amide bonds. The number of ether oxygens (including phenoxy) is 2. The van der Waals surface area contributed by atoms with Gasteiger partial charge in [0.2, 0.25) is 0 Å². The zero-order valence-corrected chi connectivity index (χ0v) is 6.50. The monoisotopic (exact) mass is 146 g/mol. The largest absolute Gasteiger partial charge is 0.388 e. The maximum absolute atomic E-state index is 9.88. The summed E-state index contributed by atoms with van der Waals surface area (Å²) in [7, 11) is 3.25. The highest BCUT2D eigenvalue weighted by Gasteiger charge is 2.12. The first-order valence-electron chi connectivity index (χ1n) is 3.32. The molecule has 1 saturated heterocycles. The van der Waals surface area contributed by atoms with Gasteiger partial charge in [-0.25, -0.2) is 0 Å². The van der Waals surface area contributed by atoms with E-state index >= 15 is 0 Å². The number of rotatable bonds is 1. The Morgan fingerprint density at radius 3 is 2.40 bits per heavy atom. The molecular weight excluding hydrogens is 132 g/mol. The smallest absolute Gasteiger partial charge is 0.148 e. The second-order valence-electron chi connectivity index (χ2n) is 2.10. The van der Waals surface area contributed by atoms with E-state index in [9.17, 15) is 4.79 Å². The first kappa shape index (κ1) is 9.59. The zero-order valence-electron chi connectivity index (χ0n) is 6.50. The Morgan fingerprint density at radius 1 is 1.60 bits per heavy atom. The highest BCUT2D eigenvalue weighted by Crippen LogP contribution is 2.08. The van der Waals surface area contributed by atoms with Crippen LogP contribution in [0.5, 0.6) is 0 Å². The van der Waals surface area contributed by atoms with Crippen molar-refractivity contribution in [2.75, 3.05) is 20.8 Å². The van der Waals surface area contributed by atoms with Gasteiger partial charge in [-0.05, 0) is 12.8 Å². The van der Waals surface area contributed by atoms with E-state index in [1.807, 2.05) is 0 Å². The van der Waals surface area contributed by atoms with E-state index in [2.05, 4.69) is 4.74 Å². The van der Waals surface area contributed by atoms with Gasteiger partial charge in [0, 0.05) is 20.8 Å². The summed E-state index contributed by atoms with van der Waals surface area (Å²) in [6.45, 7) is 0.767.